The van der Waals surface area contributed by atoms with Crippen LogP contribution in [0.4, 0.5) is 0 Å². The fourth-order valence-electron chi connectivity index (χ4n) is 0.418. The Bertz CT molecular complexity index is 52.5. The van der Waals surface area contributed by atoms with Crippen molar-refractivity contribution < 1.29 is 0 Å². The normalized spacial score (nSPS) is 9.12. The average Bonchev–Trinajstić information content (AvgIpc) is 1.81. The second-order valence-corrected chi connectivity index (χ2v) is 1.60. The number of hydrogen-bond acceptors (Lipinski definition) is 2. The van der Waals surface area contributed by atoms with Crippen LogP contribution in [0, 0.1) is 0 Å². The summed E-state index contributed by atoms with van der Waals surface area (Å²) in [5.41, 5.74) is 0. The van der Waals surface area contributed by atoms with Gasteiger partial charge in [0, 0.05) is 19.6 Å². The second kappa shape index (κ2) is 6.66. The molecule has 0 heterocycles. The van der Waals surface area contributed by atoms with Crippen LogP contribution < -0.4 is 10.6 Å². The molecule has 0 aromatic heterocycles. The first-order chi connectivity index (χ1) is 3.91. The lowest BCUT2D eigenvalue weighted by molar-refractivity contribution is 0.690. The molecule has 0 aliphatic rings. The first-order valence-electron chi connectivity index (χ1n) is 2.88. The molecular formula is C6H14N2. The summed E-state index contributed by atoms with van der Waals surface area (Å²) in [6.45, 7) is 6.52. The van der Waals surface area contributed by atoms with Crippen LogP contribution in [-0.4, -0.2) is 26.7 Å². The van der Waals surface area contributed by atoms with Crippen molar-refractivity contribution in [2.45, 2.75) is 0 Å². The minimum Gasteiger partial charge on any atom is -0.318 e. The SMILES string of the molecule is C=CCNCCNC. The minimum atomic E-state index is 0.904. The van der Waals surface area contributed by atoms with E-state index in [9.17, 15) is 0 Å². The first kappa shape index (κ1) is 7.66. The zero-order valence-corrected chi connectivity index (χ0v) is 5.41. The fourth-order valence-corrected chi connectivity index (χ4v) is 0.418. The summed E-state index contributed by atoms with van der Waals surface area (Å²) >= 11 is 0. The molecule has 0 rings (SSSR count). The highest BCUT2D eigenvalue weighted by Crippen LogP contribution is 1.57. The Labute approximate surface area is 51.0 Å². The topological polar surface area (TPSA) is 24.1 Å². The van der Waals surface area contributed by atoms with Crippen molar-refractivity contribution in [3.8, 4) is 0 Å². The van der Waals surface area contributed by atoms with Gasteiger partial charge in [0.05, 0.1) is 0 Å². The summed E-state index contributed by atoms with van der Waals surface area (Å²) < 4.78 is 0. The van der Waals surface area contributed by atoms with Gasteiger partial charge >= 0.3 is 0 Å². The Hall–Kier alpha value is -0.340. The van der Waals surface area contributed by atoms with Gasteiger partial charge in [0.15, 0.2) is 0 Å². The van der Waals surface area contributed by atoms with E-state index in [0.717, 1.165) is 19.6 Å². The third-order valence-corrected chi connectivity index (χ3v) is 0.840. The predicted octanol–water partition coefficient (Wildman–Crippen LogP) is -0.0186. The Kier molecular flexibility index (Phi) is 6.38. The van der Waals surface area contributed by atoms with Gasteiger partial charge in [-0.05, 0) is 7.05 Å². The van der Waals surface area contributed by atoms with Crippen LogP contribution in [0.15, 0.2) is 12.7 Å². The third-order valence-electron chi connectivity index (χ3n) is 0.840. The molecule has 2 nitrogen and oxygen atoms in total. The van der Waals surface area contributed by atoms with Crippen molar-refractivity contribution in [3.63, 3.8) is 0 Å². The summed E-state index contributed by atoms with van der Waals surface area (Å²) in [5.74, 6) is 0. The Balaban J connectivity index is 2.62. The van der Waals surface area contributed by atoms with Gasteiger partial charge in [-0.2, -0.15) is 0 Å². The molecule has 0 atom stereocenters. The largest absolute Gasteiger partial charge is 0.318 e. The zero-order valence-electron chi connectivity index (χ0n) is 5.41. The van der Waals surface area contributed by atoms with Crippen molar-refractivity contribution in [2.75, 3.05) is 26.7 Å². The van der Waals surface area contributed by atoms with Gasteiger partial charge < -0.3 is 10.6 Å². The maximum atomic E-state index is 3.58. The van der Waals surface area contributed by atoms with Crippen LogP contribution in [0.2, 0.25) is 0 Å². The van der Waals surface area contributed by atoms with E-state index in [1.165, 1.54) is 0 Å². The molecule has 0 fully saturated rings. The smallest absolute Gasteiger partial charge is 0.0132 e. The molecule has 0 radical (unpaired) electrons. The molecule has 0 unspecified atom stereocenters. The van der Waals surface area contributed by atoms with Crippen LogP contribution in [0.5, 0.6) is 0 Å². The molecule has 0 amide bonds. The molecule has 8 heavy (non-hydrogen) atoms. The van der Waals surface area contributed by atoms with E-state index in [0.29, 0.717) is 0 Å². The van der Waals surface area contributed by atoms with E-state index in [2.05, 4.69) is 17.2 Å². The van der Waals surface area contributed by atoms with Gasteiger partial charge in [0.1, 0.15) is 0 Å². The van der Waals surface area contributed by atoms with Gasteiger partial charge in [-0.25, -0.2) is 0 Å². The predicted molar refractivity (Wildman–Crippen MR) is 37.0 cm³/mol. The lowest BCUT2D eigenvalue weighted by Crippen LogP contribution is -2.24. The minimum absolute atomic E-state index is 0.904. The molecule has 0 aromatic carbocycles. The highest BCUT2D eigenvalue weighted by molar-refractivity contribution is 4.69. The van der Waals surface area contributed by atoms with Gasteiger partial charge in [0.25, 0.3) is 0 Å². The van der Waals surface area contributed by atoms with E-state index >= 15 is 0 Å². The van der Waals surface area contributed by atoms with E-state index < -0.39 is 0 Å². The van der Waals surface area contributed by atoms with Gasteiger partial charge in [-0.15, -0.1) is 6.58 Å². The highest BCUT2D eigenvalue weighted by Gasteiger charge is 1.77. The fraction of sp³-hybridized carbons (Fsp3) is 0.667. The van der Waals surface area contributed by atoms with E-state index in [1.807, 2.05) is 13.1 Å². The standard InChI is InChI=1S/C6H14N2/c1-3-4-8-6-5-7-2/h3,7-8H,1,4-6H2,2H3. The van der Waals surface area contributed by atoms with Crippen molar-refractivity contribution in [3.05, 3.63) is 12.7 Å². The number of likely N-dealkylation sites (N-methyl/N-ethyl adjacent to an activating group) is 1. The molecule has 0 aromatic rings. The summed E-state index contributed by atoms with van der Waals surface area (Å²) in [5, 5.41) is 6.19. The van der Waals surface area contributed by atoms with Crippen LogP contribution >= 0.6 is 0 Å². The summed E-state index contributed by atoms with van der Waals surface area (Å²) in [4.78, 5) is 0. The number of hydrogen-bond donors (Lipinski definition) is 2. The molecule has 0 bridgehead atoms. The van der Waals surface area contributed by atoms with E-state index in [1.54, 1.807) is 0 Å². The van der Waals surface area contributed by atoms with E-state index in [-0.39, 0.29) is 0 Å². The van der Waals surface area contributed by atoms with E-state index in [4.69, 9.17) is 0 Å². The second-order valence-electron chi connectivity index (χ2n) is 1.60. The Morgan fingerprint density at radius 2 is 2.25 bits per heavy atom. The zero-order chi connectivity index (χ0) is 6.24. The quantitative estimate of drug-likeness (QED) is 0.388. The number of rotatable bonds is 5. The van der Waals surface area contributed by atoms with Crippen molar-refractivity contribution in [1.82, 2.24) is 10.6 Å². The Morgan fingerprint density at radius 1 is 1.50 bits per heavy atom. The van der Waals surface area contributed by atoms with Gasteiger partial charge in [-0.3, -0.25) is 0 Å². The molecule has 2 heteroatoms. The average molecular weight is 114 g/mol. The molecule has 0 saturated carbocycles. The van der Waals surface area contributed by atoms with Crippen molar-refractivity contribution in [2.24, 2.45) is 0 Å². The molecule has 2 N–H and O–H groups in total. The lowest BCUT2D eigenvalue weighted by atomic mass is 10.5. The maximum Gasteiger partial charge on any atom is 0.0132 e. The van der Waals surface area contributed by atoms with Crippen LogP contribution in [-0.2, 0) is 0 Å². The van der Waals surface area contributed by atoms with Crippen molar-refractivity contribution >= 4 is 0 Å². The van der Waals surface area contributed by atoms with Crippen LogP contribution in [0.1, 0.15) is 0 Å². The molecule has 0 saturated heterocycles. The summed E-state index contributed by atoms with van der Waals surface area (Å²) in [6, 6.07) is 0. The lowest BCUT2D eigenvalue weighted by Gasteiger charge is -1.97. The van der Waals surface area contributed by atoms with Crippen LogP contribution in [0.3, 0.4) is 0 Å². The molecular weight excluding hydrogens is 100 g/mol. The number of nitrogens with one attached hydrogen (secondary N) is 2. The molecule has 0 spiro atoms. The van der Waals surface area contributed by atoms with Gasteiger partial charge in [0.2, 0.25) is 0 Å². The molecule has 0 aliphatic heterocycles. The third kappa shape index (κ3) is 5.66. The maximum absolute atomic E-state index is 3.58. The summed E-state index contributed by atoms with van der Waals surface area (Å²) in [6.07, 6.45) is 1.86. The highest BCUT2D eigenvalue weighted by atomic mass is 14.9. The summed E-state index contributed by atoms with van der Waals surface area (Å²) in [7, 11) is 1.94. The first-order valence-corrected chi connectivity index (χ1v) is 2.88. The molecule has 48 valence electrons. The monoisotopic (exact) mass is 114 g/mol. The molecule has 0 aliphatic carbocycles. The van der Waals surface area contributed by atoms with Crippen LogP contribution in [0.25, 0.3) is 0 Å². The Morgan fingerprint density at radius 3 is 2.75 bits per heavy atom. The van der Waals surface area contributed by atoms with Gasteiger partial charge in [-0.1, -0.05) is 6.08 Å². The van der Waals surface area contributed by atoms with Crippen molar-refractivity contribution in [1.29, 1.82) is 0 Å².